The Kier molecular flexibility index (Phi) is 4.12. The summed E-state index contributed by atoms with van der Waals surface area (Å²) < 4.78 is 14.3. The van der Waals surface area contributed by atoms with Crippen LogP contribution in [0.1, 0.15) is 61.5 Å². The summed E-state index contributed by atoms with van der Waals surface area (Å²) in [6.45, 7) is 2.90. The highest BCUT2D eigenvalue weighted by atomic mass is 16.5. The van der Waals surface area contributed by atoms with Crippen LogP contribution < -0.4 is 10.1 Å². The zero-order valence-electron chi connectivity index (χ0n) is 17.6. The second-order valence-corrected chi connectivity index (χ2v) is 9.49. The van der Waals surface area contributed by atoms with Gasteiger partial charge in [0, 0.05) is 24.0 Å². The van der Waals surface area contributed by atoms with Gasteiger partial charge in [-0.05, 0) is 63.6 Å². The van der Waals surface area contributed by atoms with E-state index in [-0.39, 0.29) is 23.0 Å². The minimum atomic E-state index is -0.217. The number of nitrogens with one attached hydrogen (secondary N) is 1. The lowest BCUT2D eigenvalue weighted by atomic mass is 9.84. The molecule has 6 rings (SSSR count). The van der Waals surface area contributed by atoms with Crippen molar-refractivity contribution < 1.29 is 14.3 Å². The molecular weight excluding hydrogens is 392 g/mol. The van der Waals surface area contributed by atoms with Gasteiger partial charge in [-0.15, -0.1) is 0 Å². The first-order chi connectivity index (χ1) is 15.0. The van der Waals surface area contributed by atoms with Crippen LogP contribution in [0.3, 0.4) is 0 Å². The molecule has 2 bridgehead atoms. The van der Waals surface area contributed by atoms with Crippen molar-refractivity contribution in [3.05, 3.63) is 54.1 Å². The van der Waals surface area contributed by atoms with E-state index >= 15 is 0 Å². The monoisotopic (exact) mass is 418 g/mol. The average Bonchev–Trinajstić information content (AvgIpc) is 3.42. The minimum absolute atomic E-state index is 0.0329. The Morgan fingerprint density at radius 1 is 1.29 bits per heavy atom. The van der Waals surface area contributed by atoms with Gasteiger partial charge in [-0.1, -0.05) is 6.07 Å². The van der Waals surface area contributed by atoms with Gasteiger partial charge in [-0.2, -0.15) is 0 Å². The van der Waals surface area contributed by atoms with Crippen molar-refractivity contribution in [2.75, 3.05) is 11.9 Å². The molecule has 1 saturated heterocycles. The smallest absolute Gasteiger partial charge is 0.258 e. The second-order valence-electron chi connectivity index (χ2n) is 9.49. The summed E-state index contributed by atoms with van der Waals surface area (Å²) in [6.07, 6.45) is 12.1. The van der Waals surface area contributed by atoms with Crippen LogP contribution in [0.15, 0.2) is 42.9 Å². The molecule has 2 aliphatic carbocycles. The molecular formula is C24H26N4O3. The number of carbonyl (C=O) groups excluding carboxylic acids is 1. The number of carbonyl (C=O) groups is 1. The SMILES string of the molecule is CC12CCC(c3cn4cc(C(=O)Nc5ccccn5)cc(OC5CCC5)c4n3)(CO1)C2. The van der Waals surface area contributed by atoms with Gasteiger partial charge in [0.2, 0.25) is 0 Å². The normalized spacial score (nSPS) is 27.4. The van der Waals surface area contributed by atoms with E-state index in [0.29, 0.717) is 23.7 Å². The molecule has 7 heteroatoms. The Labute approximate surface area is 180 Å². The molecule has 0 spiro atoms. The molecule has 0 aromatic carbocycles. The van der Waals surface area contributed by atoms with Crippen LogP contribution in [0.25, 0.3) is 5.65 Å². The van der Waals surface area contributed by atoms with E-state index in [2.05, 4.69) is 23.4 Å². The number of fused-ring (bicyclic) bond motifs is 3. The van der Waals surface area contributed by atoms with Crippen molar-refractivity contribution in [3.63, 3.8) is 0 Å². The third-order valence-corrected chi connectivity index (χ3v) is 7.12. The van der Waals surface area contributed by atoms with Crippen molar-refractivity contribution in [3.8, 4) is 5.75 Å². The Morgan fingerprint density at radius 3 is 2.84 bits per heavy atom. The Bertz CT molecular complexity index is 1140. The summed E-state index contributed by atoms with van der Waals surface area (Å²) in [7, 11) is 0. The fourth-order valence-electron chi connectivity index (χ4n) is 5.07. The number of pyridine rings is 2. The van der Waals surface area contributed by atoms with Gasteiger partial charge < -0.3 is 19.2 Å². The van der Waals surface area contributed by atoms with Crippen LogP contribution in [-0.2, 0) is 10.2 Å². The lowest BCUT2D eigenvalue weighted by molar-refractivity contribution is -0.00627. The van der Waals surface area contributed by atoms with Gasteiger partial charge in [-0.25, -0.2) is 9.97 Å². The quantitative estimate of drug-likeness (QED) is 0.674. The van der Waals surface area contributed by atoms with Gasteiger partial charge >= 0.3 is 0 Å². The molecule has 0 radical (unpaired) electrons. The predicted molar refractivity (Wildman–Crippen MR) is 116 cm³/mol. The highest BCUT2D eigenvalue weighted by Crippen LogP contribution is 2.53. The number of anilines is 1. The molecule has 3 aromatic heterocycles. The van der Waals surface area contributed by atoms with E-state index in [4.69, 9.17) is 14.5 Å². The average molecular weight is 418 g/mol. The third kappa shape index (κ3) is 3.19. The Hall–Kier alpha value is -2.93. The van der Waals surface area contributed by atoms with E-state index in [1.165, 1.54) is 6.42 Å². The molecule has 7 nitrogen and oxygen atoms in total. The van der Waals surface area contributed by atoms with Crippen LogP contribution >= 0.6 is 0 Å². The molecule has 31 heavy (non-hydrogen) atoms. The predicted octanol–water partition coefficient (Wildman–Crippen LogP) is 4.12. The molecule has 2 atom stereocenters. The van der Waals surface area contributed by atoms with E-state index < -0.39 is 0 Å². The number of nitrogens with zero attached hydrogens (tertiary/aromatic N) is 3. The van der Waals surface area contributed by atoms with Crippen molar-refractivity contribution >= 4 is 17.4 Å². The molecule has 2 unspecified atom stereocenters. The summed E-state index contributed by atoms with van der Waals surface area (Å²) in [5, 5.41) is 2.86. The van der Waals surface area contributed by atoms with Crippen molar-refractivity contribution in [2.45, 2.75) is 62.6 Å². The zero-order valence-corrected chi connectivity index (χ0v) is 17.6. The van der Waals surface area contributed by atoms with Crippen LogP contribution in [0, 0.1) is 0 Å². The van der Waals surface area contributed by atoms with E-state index in [1.54, 1.807) is 12.3 Å². The molecule has 1 N–H and O–H groups in total. The molecule has 2 saturated carbocycles. The van der Waals surface area contributed by atoms with Gasteiger partial charge in [0.25, 0.3) is 5.91 Å². The standard InChI is InChI=1S/C24H26N4O3/c1-23-8-9-24(14-23,15-30-23)19-13-28-12-16(22(29)27-20-7-2-3-10-25-20)11-18(21(28)26-19)31-17-5-4-6-17/h2-3,7,10-13,17H,4-6,8-9,14-15H2,1H3,(H,25,27,29). The number of hydrogen-bond acceptors (Lipinski definition) is 5. The summed E-state index contributed by atoms with van der Waals surface area (Å²) in [4.78, 5) is 22.1. The summed E-state index contributed by atoms with van der Waals surface area (Å²) in [5.41, 5.74) is 2.26. The van der Waals surface area contributed by atoms with Crippen molar-refractivity contribution in [1.29, 1.82) is 0 Å². The molecule has 160 valence electrons. The minimum Gasteiger partial charge on any atom is -0.486 e. The largest absolute Gasteiger partial charge is 0.486 e. The van der Waals surface area contributed by atoms with Crippen LogP contribution in [0.4, 0.5) is 5.82 Å². The molecule has 1 aliphatic heterocycles. The van der Waals surface area contributed by atoms with Crippen LogP contribution in [0.5, 0.6) is 5.75 Å². The number of ether oxygens (including phenoxy) is 2. The van der Waals surface area contributed by atoms with Gasteiger partial charge in [-0.3, -0.25) is 4.79 Å². The fraction of sp³-hybridized carbons (Fsp3) is 0.458. The Balaban J connectivity index is 1.39. The maximum atomic E-state index is 12.9. The second kappa shape index (κ2) is 6.79. The zero-order chi connectivity index (χ0) is 21.1. The first kappa shape index (κ1) is 18.8. The van der Waals surface area contributed by atoms with Crippen LogP contribution in [-0.4, -0.2) is 38.6 Å². The van der Waals surface area contributed by atoms with E-state index in [0.717, 1.165) is 43.4 Å². The maximum Gasteiger partial charge on any atom is 0.258 e. The first-order valence-electron chi connectivity index (χ1n) is 11.1. The van der Waals surface area contributed by atoms with Crippen LogP contribution in [0.2, 0.25) is 0 Å². The third-order valence-electron chi connectivity index (χ3n) is 7.12. The molecule has 3 fully saturated rings. The summed E-state index contributed by atoms with van der Waals surface area (Å²) in [5.74, 6) is 0.971. The van der Waals surface area contributed by atoms with Gasteiger partial charge in [0.1, 0.15) is 5.82 Å². The number of rotatable bonds is 5. The van der Waals surface area contributed by atoms with Crippen molar-refractivity contribution in [2.24, 2.45) is 0 Å². The number of hydrogen-bond donors (Lipinski definition) is 1. The van der Waals surface area contributed by atoms with Gasteiger partial charge in [0.15, 0.2) is 11.4 Å². The molecule has 1 amide bonds. The first-order valence-corrected chi connectivity index (χ1v) is 11.1. The molecule has 3 aromatic rings. The number of imidazole rings is 1. The highest BCUT2D eigenvalue weighted by molar-refractivity contribution is 6.04. The number of amides is 1. The maximum absolute atomic E-state index is 12.9. The number of aromatic nitrogens is 3. The van der Waals surface area contributed by atoms with Crippen molar-refractivity contribution in [1.82, 2.24) is 14.4 Å². The molecule has 3 aliphatic rings. The van der Waals surface area contributed by atoms with E-state index in [9.17, 15) is 4.79 Å². The topological polar surface area (TPSA) is 77.8 Å². The summed E-state index contributed by atoms with van der Waals surface area (Å²) >= 11 is 0. The molecule has 4 heterocycles. The highest BCUT2D eigenvalue weighted by Gasteiger charge is 2.55. The fourth-order valence-corrected chi connectivity index (χ4v) is 5.07. The Morgan fingerprint density at radius 2 is 2.19 bits per heavy atom. The van der Waals surface area contributed by atoms with E-state index in [1.807, 2.05) is 28.8 Å². The lowest BCUT2D eigenvalue weighted by Crippen LogP contribution is -2.26. The van der Waals surface area contributed by atoms with Gasteiger partial charge in [0.05, 0.1) is 29.6 Å². The summed E-state index contributed by atoms with van der Waals surface area (Å²) in [6, 6.07) is 7.25. The lowest BCUT2D eigenvalue weighted by Gasteiger charge is -2.26.